The van der Waals surface area contributed by atoms with Crippen LogP contribution in [0.4, 0.5) is 0 Å². The maximum atomic E-state index is 12.6. The third kappa shape index (κ3) is 5.62. The van der Waals surface area contributed by atoms with Crippen LogP contribution in [0, 0.1) is 11.8 Å². The number of rotatable bonds is 6. The Morgan fingerprint density at radius 1 is 1.22 bits per heavy atom. The van der Waals surface area contributed by atoms with Gasteiger partial charge in [0.15, 0.2) is 0 Å². The molecule has 0 bridgehead atoms. The Kier molecular flexibility index (Phi) is 8.87. The highest BCUT2D eigenvalue weighted by Gasteiger charge is 2.35. The van der Waals surface area contributed by atoms with Crippen molar-refractivity contribution in [1.82, 2.24) is 10.2 Å². The molecular formula is C16H30ClN3O3. The standard InChI is InChI=1S/C16H29N3O3.ClH/c1-18-15(20)7-10-22-13-5-8-19(9-6-13)16(21)14-4-2-3-12(14)11-17;/h12-14H,2-11,17H2,1H3,(H,18,20);1H/t12-,14-;/m1./s1. The van der Waals surface area contributed by atoms with Gasteiger partial charge in [0.05, 0.1) is 12.7 Å². The van der Waals surface area contributed by atoms with Crippen LogP contribution in [0.1, 0.15) is 38.5 Å². The molecule has 1 saturated carbocycles. The van der Waals surface area contributed by atoms with Crippen LogP contribution in [0.3, 0.4) is 0 Å². The number of carbonyl (C=O) groups excluding carboxylic acids is 2. The molecule has 0 spiro atoms. The second kappa shape index (κ2) is 10.1. The van der Waals surface area contributed by atoms with E-state index < -0.39 is 0 Å². The highest BCUT2D eigenvalue weighted by atomic mass is 35.5. The minimum atomic E-state index is 0. The third-order valence-electron chi connectivity index (χ3n) is 4.99. The number of nitrogens with zero attached hydrogens (tertiary/aromatic N) is 1. The maximum absolute atomic E-state index is 12.6. The van der Waals surface area contributed by atoms with E-state index in [1.807, 2.05) is 4.90 Å². The van der Waals surface area contributed by atoms with Gasteiger partial charge >= 0.3 is 0 Å². The predicted octanol–water partition coefficient (Wildman–Crippen LogP) is 0.927. The molecule has 0 aromatic heterocycles. The summed E-state index contributed by atoms with van der Waals surface area (Å²) in [4.78, 5) is 25.7. The van der Waals surface area contributed by atoms with Crippen LogP contribution in [0.2, 0.25) is 0 Å². The Labute approximate surface area is 144 Å². The van der Waals surface area contributed by atoms with Crippen LogP contribution < -0.4 is 11.1 Å². The van der Waals surface area contributed by atoms with E-state index in [2.05, 4.69) is 5.32 Å². The van der Waals surface area contributed by atoms with Crippen molar-refractivity contribution in [3.63, 3.8) is 0 Å². The van der Waals surface area contributed by atoms with Gasteiger partial charge in [0.2, 0.25) is 11.8 Å². The predicted molar refractivity (Wildman–Crippen MR) is 91.4 cm³/mol. The van der Waals surface area contributed by atoms with Gasteiger partial charge in [-0.3, -0.25) is 9.59 Å². The van der Waals surface area contributed by atoms with Crippen molar-refractivity contribution in [2.24, 2.45) is 17.6 Å². The number of carbonyl (C=O) groups is 2. The monoisotopic (exact) mass is 347 g/mol. The summed E-state index contributed by atoms with van der Waals surface area (Å²) in [6.07, 6.45) is 5.49. The van der Waals surface area contributed by atoms with Crippen LogP contribution in [-0.4, -0.2) is 56.1 Å². The van der Waals surface area contributed by atoms with Gasteiger partial charge in [0, 0.05) is 32.5 Å². The number of hydrogen-bond acceptors (Lipinski definition) is 4. The Balaban J connectivity index is 0.00000264. The normalized spacial score (nSPS) is 25.0. The van der Waals surface area contributed by atoms with E-state index in [1.165, 1.54) is 0 Å². The van der Waals surface area contributed by atoms with E-state index in [1.54, 1.807) is 7.05 Å². The number of amides is 2. The molecule has 1 aliphatic heterocycles. The molecule has 0 unspecified atom stereocenters. The fourth-order valence-corrected chi connectivity index (χ4v) is 3.56. The first kappa shape index (κ1) is 20.2. The molecule has 1 saturated heterocycles. The first-order valence-corrected chi connectivity index (χ1v) is 8.46. The zero-order valence-corrected chi connectivity index (χ0v) is 14.8. The number of hydrogen-bond donors (Lipinski definition) is 2. The van der Waals surface area contributed by atoms with Gasteiger partial charge < -0.3 is 20.7 Å². The molecule has 23 heavy (non-hydrogen) atoms. The van der Waals surface area contributed by atoms with Gasteiger partial charge in [-0.15, -0.1) is 12.4 Å². The molecule has 7 heteroatoms. The molecule has 6 nitrogen and oxygen atoms in total. The molecule has 134 valence electrons. The van der Waals surface area contributed by atoms with Gasteiger partial charge in [-0.25, -0.2) is 0 Å². The molecule has 0 aromatic rings. The van der Waals surface area contributed by atoms with Crippen LogP contribution in [0.5, 0.6) is 0 Å². The van der Waals surface area contributed by atoms with E-state index in [0.29, 0.717) is 25.5 Å². The first-order chi connectivity index (χ1) is 10.7. The van der Waals surface area contributed by atoms with Crippen molar-refractivity contribution in [2.45, 2.75) is 44.6 Å². The molecule has 1 aliphatic carbocycles. The summed E-state index contributed by atoms with van der Waals surface area (Å²) in [5, 5.41) is 2.58. The van der Waals surface area contributed by atoms with Gasteiger partial charge in [-0.05, 0) is 38.1 Å². The topological polar surface area (TPSA) is 84.7 Å². The largest absolute Gasteiger partial charge is 0.378 e. The minimum Gasteiger partial charge on any atom is -0.378 e. The molecule has 1 heterocycles. The van der Waals surface area contributed by atoms with Crippen molar-refractivity contribution < 1.29 is 14.3 Å². The number of ether oxygens (including phenoxy) is 1. The molecule has 2 fully saturated rings. The Hall–Kier alpha value is -0.850. The number of nitrogens with one attached hydrogen (secondary N) is 1. The van der Waals surface area contributed by atoms with Crippen molar-refractivity contribution >= 4 is 24.2 Å². The number of piperidine rings is 1. The highest BCUT2D eigenvalue weighted by Crippen LogP contribution is 2.33. The molecular weight excluding hydrogens is 318 g/mol. The lowest BCUT2D eigenvalue weighted by Crippen LogP contribution is -2.45. The minimum absolute atomic E-state index is 0. The Morgan fingerprint density at radius 2 is 1.91 bits per heavy atom. The van der Waals surface area contributed by atoms with E-state index in [4.69, 9.17) is 10.5 Å². The van der Waals surface area contributed by atoms with E-state index in [0.717, 1.165) is 45.2 Å². The second-order valence-electron chi connectivity index (χ2n) is 6.35. The third-order valence-corrected chi connectivity index (χ3v) is 4.99. The van der Waals surface area contributed by atoms with Gasteiger partial charge in [0.1, 0.15) is 0 Å². The maximum Gasteiger partial charge on any atom is 0.226 e. The zero-order chi connectivity index (χ0) is 15.9. The fourth-order valence-electron chi connectivity index (χ4n) is 3.56. The van der Waals surface area contributed by atoms with Crippen LogP contribution in [0.25, 0.3) is 0 Å². The zero-order valence-electron chi connectivity index (χ0n) is 14.0. The summed E-state index contributed by atoms with van der Waals surface area (Å²) in [6.45, 7) is 2.60. The first-order valence-electron chi connectivity index (χ1n) is 8.46. The van der Waals surface area contributed by atoms with E-state index >= 15 is 0 Å². The number of likely N-dealkylation sites (tertiary alicyclic amines) is 1. The SMILES string of the molecule is CNC(=O)CCOC1CCN(C(=O)[C@@H]2CCC[C@@H]2CN)CC1.Cl. The summed E-state index contributed by atoms with van der Waals surface area (Å²) < 4.78 is 5.73. The quantitative estimate of drug-likeness (QED) is 0.748. The summed E-state index contributed by atoms with van der Waals surface area (Å²) in [7, 11) is 1.63. The second-order valence-corrected chi connectivity index (χ2v) is 6.35. The molecule has 2 atom stereocenters. The van der Waals surface area contributed by atoms with Crippen LogP contribution >= 0.6 is 12.4 Å². The van der Waals surface area contributed by atoms with E-state index in [-0.39, 0.29) is 36.2 Å². The van der Waals surface area contributed by atoms with Gasteiger partial charge in [-0.2, -0.15) is 0 Å². The van der Waals surface area contributed by atoms with Crippen LogP contribution in [0.15, 0.2) is 0 Å². The Bertz CT molecular complexity index is 387. The Morgan fingerprint density at radius 3 is 2.52 bits per heavy atom. The highest BCUT2D eigenvalue weighted by molar-refractivity contribution is 5.85. The molecule has 2 amide bonds. The smallest absolute Gasteiger partial charge is 0.226 e. The van der Waals surface area contributed by atoms with Crippen molar-refractivity contribution in [3.05, 3.63) is 0 Å². The van der Waals surface area contributed by atoms with Crippen molar-refractivity contribution in [2.75, 3.05) is 33.3 Å². The average molecular weight is 348 g/mol. The lowest BCUT2D eigenvalue weighted by molar-refractivity contribution is -0.139. The molecule has 2 aliphatic rings. The number of nitrogens with two attached hydrogens (primary N) is 1. The van der Waals surface area contributed by atoms with Gasteiger partial charge in [0.25, 0.3) is 0 Å². The molecule has 0 radical (unpaired) electrons. The summed E-state index contributed by atoms with van der Waals surface area (Å²) in [5.74, 6) is 0.795. The number of halogens is 1. The average Bonchev–Trinajstić information content (AvgIpc) is 3.03. The van der Waals surface area contributed by atoms with Gasteiger partial charge in [-0.1, -0.05) is 6.42 Å². The summed E-state index contributed by atoms with van der Waals surface area (Å²) in [6, 6.07) is 0. The summed E-state index contributed by atoms with van der Waals surface area (Å²) in [5.41, 5.74) is 5.78. The summed E-state index contributed by atoms with van der Waals surface area (Å²) >= 11 is 0. The molecule has 0 aromatic carbocycles. The van der Waals surface area contributed by atoms with Crippen LogP contribution in [-0.2, 0) is 14.3 Å². The lowest BCUT2D eigenvalue weighted by atomic mass is 9.93. The van der Waals surface area contributed by atoms with Crippen molar-refractivity contribution in [1.29, 1.82) is 0 Å². The lowest BCUT2D eigenvalue weighted by Gasteiger charge is -2.34. The molecule has 2 rings (SSSR count). The van der Waals surface area contributed by atoms with E-state index in [9.17, 15) is 9.59 Å². The fraction of sp³-hybridized carbons (Fsp3) is 0.875. The van der Waals surface area contributed by atoms with Crippen molar-refractivity contribution in [3.8, 4) is 0 Å². The molecule has 3 N–H and O–H groups in total.